The molecule has 0 aliphatic rings. The average molecular weight is 268 g/mol. The second kappa shape index (κ2) is 15.4. The fourth-order valence-corrected chi connectivity index (χ4v) is 1.88. The Balaban J connectivity index is 0. The number of hydrogen-bond donors (Lipinski definition) is 1. The smallest absolute Gasteiger partial charge is 0.379 e. The maximum absolute atomic E-state index is 4.74. The van der Waals surface area contributed by atoms with Crippen LogP contribution >= 0.6 is 12.6 Å². The van der Waals surface area contributed by atoms with E-state index in [0.29, 0.717) is 5.25 Å². The predicted molar refractivity (Wildman–Crippen MR) is 75.4 cm³/mol. The van der Waals surface area contributed by atoms with Crippen LogP contribution in [0.4, 0.5) is 0 Å². The van der Waals surface area contributed by atoms with E-state index in [9.17, 15) is 0 Å². The average Bonchev–Trinajstić information content (AvgIpc) is 2.32. The summed E-state index contributed by atoms with van der Waals surface area (Å²) in [6.45, 7) is 4.43. The molecule has 100 valence electrons. The summed E-state index contributed by atoms with van der Waals surface area (Å²) in [4.78, 5) is 0. The minimum Gasteiger partial charge on any atom is -0.379 e. The summed E-state index contributed by atoms with van der Waals surface area (Å²) in [5, 5.41) is 0.650. The van der Waals surface area contributed by atoms with E-state index in [1.54, 1.807) is 21.3 Å². The lowest BCUT2D eigenvalue weighted by Gasteiger charge is -2.05. The van der Waals surface area contributed by atoms with E-state index in [4.69, 9.17) is 13.3 Å². The monoisotopic (exact) mass is 268 g/mol. The van der Waals surface area contributed by atoms with E-state index in [-0.39, 0.29) is 0 Å². The molecule has 16 heavy (non-hydrogen) atoms. The Bertz CT molecular complexity index is 118. The van der Waals surface area contributed by atoms with E-state index in [2.05, 4.69) is 26.5 Å². The number of rotatable bonds is 8. The van der Waals surface area contributed by atoms with Gasteiger partial charge in [-0.2, -0.15) is 12.6 Å². The lowest BCUT2D eigenvalue weighted by Crippen LogP contribution is -2.21. The maximum Gasteiger partial charge on any atom is 0.483 e. The minimum absolute atomic E-state index is 0.650. The lowest BCUT2D eigenvalue weighted by atomic mass is 10.1. The van der Waals surface area contributed by atoms with Gasteiger partial charge in [-0.25, -0.2) is 0 Å². The predicted octanol–water partition coefficient (Wildman–Crippen LogP) is 2.92. The van der Waals surface area contributed by atoms with Crippen LogP contribution in [0.1, 0.15) is 46.0 Å². The van der Waals surface area contributed by atoms with Crippen molar-refractivity contribution in [2.75, 3.05) is 21.3 Å². The van der Waals surface area contributed by atoms with Gasteiger partial charge in [0.2, 0.25) is 0 Å². The van der Waals surface area contributed by atoms with E-state index < -0.39 is 9.53 Å². The molecule has 0 radical (unpaired) electrons. The zero-order chi connectivity index (χ0) is 12.8. The zero-order valence-corrected chi connectivity index (χ0v) is 13.4. The molecule has 3 nitrogen and oxygen atoms in total. The summed E-state index contributed by atoms with van der Waals surface area (Å²) in [6.07, 6.45) is 6.57. The van der Waals surface area contributed by atoms with Crippen molar-refractivity contribution in [3.8, 4) is 0 Å². The fourth-order valence-electron chi connectivity index (χ4n) is 1.12. The molecule has 0 aliphatic carbocycles. The van der Waals surface area contributed by atoms with Crippen molar-refractivity contribution in [1.82, 2.24) is 0 Å². The molecule has 1 unspecified atom stereocenters. The largest absolute Gasteiger partial charge is 0.483 e. The van der Waals surface area contributed by atoms with Crippen LogP contribution in [0.5, 0.6) is 0 Å². The summed E-state index contributed by atoms with van der Waals surface area (Å²) in [7, 11) is 3.05. The van der Waals surface area contributed by atoms with Crippen molar-refractivity contribution in [3.63, 3.8) is 0 Å². The Morgan fingerprint density at radius 1 is 1.00 bits per heavy atom. The summed E-state index contributed by atoms with van der Waals surface area (Å²) in [5.74, 6) is 0. The molecule has 0 aliphatic heterocycles. The van der Waals surface area contributed by atoms with Gasteiger partial charge in [0.05, 0.1) is 0 Å². The highest BCUT2D eigenvalue weighted by molar-refractivity contribution is 7.80. The third-order valence-electron chi connectivity index (χ3n) is 2.19. The molecule has 0 aromatic heterocycles. The van der Waals surface area contributed by atoms with Crippen LogP contribution in [0, 0.1) is 0 Å². The van der Waals surface area contributed by atoms with Crippen molar-refractivity contribution in [2.24, 2.45) is 0 Å². The Hall–Kier alpha value is 0.447. The van der Waals surface area contributed by atoms with Crippen molar-refractivity contribution >= 4 is 22.2 Å². The van der Waals surface area contributed by atoms with Crippen LogP contribution in [0.25, 0.3) is 0 Å². The molecular formula is C11H28O3SSi. The fraction of sp³-hybridized carbons (Fsp3) is 1.00. The van der Waals surface area contributed by atoms with Gasteiger partial charge in [0.1, 0.15) is 0 Å². The van der Waals surface area contributed by atoms with Gasteiger partial charge in [-0.3, -0.25) is 0 Å². The Morgan fingerprint density at radius 2 is 1.50 bits per heavy atom. The topological polar surface area (TPSA) is 27.7 Å². The molecule has 1 atom stereocenters. The molecule has 0 aromatic rings. The molecule has 0 N–H and O–H groups in total. The second-order valence-electron chi connectivity index (χ2n) is 3.55. The van der Waals surface area contributed by atoms with Crippen LogP contribution in [0.15, 0.2) is 0 Å². The zero-order valence-electron chi connectivity index (χ0n) is 11.4. The van der Waals surface area contributed by atoms with Gasteiger partial charge < -0.3 is 13.3 Å². The van der Waals surface area contributed by atoms with Crippen molar-refractivity contribution in [1.29, 1.82) is 0 Å². The van der Waals surface area contributed by atoms with Crippen LogP contribution in [-0.4, -0.2) is 36.1 Å². The Kier molecular flexibility index (Phi) is 18.2. The molecule has 0 saturated carbocycles. The number of unbranched alkanes of at least 4 members (excludes halogenated alkanes) is 2. The van der Waals surface area contributed by atoms with Gasteiger partial charge in [0.15, 0.2) is 0 Å². The van der Waals surface area contributed by atoms with Crippen molar-refractivity contribution in [2.45, 2.75) is 51.2 Å². The summed E-state index contributed by atoms with van der Waals surface area (Å²) < 4.78 is 14.2. The summed E-state index contributed by atoms with van der Waals surface area (Å²) >= 11 is 4.40. The highest BCUT2D eigenvalue weighted by Crippen LogP contribution is 2.10. The summed E-state index contributed by atoms with van der Waals surface area (Å²) in [6, 6.07) is 0. The van der Waals surface area contributed by atoms with Gasteiger partial charge in [0, 0.05) is 26.6 Å². The Morgan fingerprint density at radius 3 is 1.75 bits per heavy atom. The van der Waals surface area contributed by atoms with E-state index in [0.717, 1.165) is 0 Å². The van der Waals surface area contributed by atoms with Gasteiger partial charge in [-0.1, -0.05) is 33.1 Å². The molecular weight excluding hydrogens is 240 g/mol. The first-order valence-corrected chi connectivity index (χ1v) is 7.85. The normalized spacial score (nSPS) is 12.2. The van der Waals surface area contributed by atoms with Crippen LogP contribution in [-0.2, 0) is 13.3 Å². The highest BCUT2D eigenvalue weighted by Gasteiger charge is 2.04. The molecule has 0 rings (SSSR count). The molecule has 0 fully saturated rings. The molecule has 0 saturated heterocycles. The second-order valence-corrected chi connectivity index (χ2v) is 6.28. The molecule has 0 heterocycles. The van der Waals surface area contributed by atoms with E-state index in [1.807, 2.05) is 0 Å². The van der Waals surface area contributed by atoms with Gasteiger partial charge >= 0.3 is 9.53 Å². The first-order valence-electron chi connectivity index (χ1n) is 5.92. The van der Waals surface area contributed by atoms with Crippen LogP contribution in [0.3, 0.4) is 0 Å². The summed E-state index contributed by atoms with van der Waals surface area (Å²) in [5.41, 5.74) is 0. The SMILES string of the molecule is CCCCCC(S)CC.CO[SiH](OC)OC. The van der Waals surface area contributed by atoms with Gasteiger partial charge in [-0.15, -0.1) is 0 Å². The van der Waals surface area contributed by atoms with Gasteiger partial charge in [-0.05, 0) is 12.8 Å². The molecule has 5 heteroatoms. The van der Waals surface area contributed by atoms with E-state index >= 15 is 0 Å². The first-order chi connectivity index (χ1) is 7.65. The molecule has 0 spiro atoms. The van der Waals surface area contributed by atoms with Crippen LogP contribution in [0.2, 0.25) is 0 Å². The van der Waals surface area contributed by atoms with Crippen molar-refractivity contribution < 1.29 is 13.3 Å². The maximum atomic E-state index is 4.74. The molecule has 0 aromatic carbocycles. The van der Waals surface area contributed by atoms with Crippen molar-refractivity contribution in [3.05, 3.63) is 0 Å². The lowest BCUT2D eigenvalue weighted by molar-refractivity contribution is 0.163. The van der Waals surface area contributed by atoms with Crippen LogP contribution < -0.4 is 0 Å². The minimum atomic E-state index is -1.67. The van der Waals surface area contributed by atoms with E-state index in [1.165, 1.54) is 32.1 Å². The standard InChI is InChI=1S/C8H18S.C3H10O3Si/c1-3-5-6-7-8(9)4-2;1-4-7(5-2)6-3/h8-9H,3-7H2,1-2H3;7H,1-3H3. The third kappa shape index (κ3) is 14.4. The molecule has 0 bridgehead atoms. The highest BCUT2D eigenvalue weighted by atomic mass is 32.1. The van der Waals surface area contributed by atoms with Gasteiger partial charge in [0.25, 0.3) is 0 Å². The first kappa shape index (κ1) is 18.8. The number of thiol groups is 1. The Labute approximate surface area is 108 Å². The number of hydrogen-bond acceptors (Lipinski definition) is 4. The molecule has 0 amide bonds. The quantitative estimate of drug-likeness (QED) is 0.417. The third-order valence-corrected chi connectivity index (χ3v) is 3.97.